The molecule has 0 aromatic heterocycles. The minimum atomic E-state index is 0.148. The molecule has 4 heteroatoms. The van der Waals surface area contributed by atoms with Gasteiger partial charge in [-0.1, -0.05) is 18.2 Å². The van der Waals surface area contributed by atoms with Crippen molar-refractivity contribution < 1.29 is 14.3 Å². The van der Waals surface area contributed by atoms with Crippen LogP contribution in [0.2, 0.25) is 0 Å². The van der Waals surface area contributed by atoms with Crippen molar-refractivity contribution in [1.29, 1.82) is 0 Å². The molecular formula is C18H25NO3. The largest absolute Gasteiger partial charge is 0.496 e. The summed E-state index contributed by atoms with van der Waals surface area (Å²) in [5, 5.41) is 0. The van der Waals surface area contributed by atoms with E-state index in [1.165, 1.54) is 12.8 Å². The quantitative estimate of drug-likeness (QED) is 0.839. The Labute approximate surface area is 132 Å². The molecule has 3 rings (SSSR count). The van der Waals surface area contributed by atoms with Crippen LogP contribution in [-0.2, 0) is 16.0 Å². The average molecular weight is 303 g/mol. The van der Waals surface area contributed by atoms with Gasteiger partial charge in [0.15, 0.2) is 0 Å². The number of aryl methyl sites for hydroxylation is 1. The summed E-state index contributed by atoms with van der Waals surface area (Å²) in [7, 11) is 1.67. The first-order chi connectivity index (χ1) is 10.7. The maximum atomic E-state index is 12.5. The first kappa shape index (κ1) is 15.3. The molecule has 0 N–H and O–H groups in total. The van der Waals surface area contributed by atoms with Crippen LogP contribution in [0.4, 0.5) is 0 Å². The number of carbonyl (C=O) groups is 1. The fraction of sp³-hybridized carbons (Fsp3) is 0.611. The lowest BCUT2D eigenvalue weighted by Crippen LogP contribution is -2.49. The average Bonchev–Trinajstić information content (AvgIpc) is 3.37. The van der Waals surface area contributed by atoms with E-state index in [9.17, 15) is 4.79 Å². The fourth-order valence-electron chi connectivity index (χ4n) is 3.23. The highest BCUT2D eigenvalue weighted by Crippen LogP contribution is 2.36. The van der Waals surface area contributed by atoms with Crippen molar-refractivity contribution >= 4 is 5.91 Å². The van der Waals surface area contributed by atoms with E-state index in [1.54, 1.807) is 7.11 Å². The van der Waals surface area contributed by atoms with Crippen LogP contribution in [0.3, 0.4) is 0 Å². The Balaban J connectivity index is 1.56. The van der Waals surface area contributed by atoms with E-state index in [0.717, 1.165) is 24.3 Å². The zero-order valence-electron chi connectivity index (χ0n) is 13.5. The molecule has 0 unspecified atom stereocenters. The van der Waals surface area contributed by atoms with Crippen molar-refractivity contribution in [2.45, 2.75) is 44.8 Å². The summed E-state index contributed by atoms with van der Waals surface area (Å²) in [6, 6.07) is 7.91. The van der Waals surface area contributed by atoms with Crippen molar-refractivity contribution in [3.8, 4) is 5.75 Å². The molecule has 0 radical (unpaired) electrons. The number of para-hydroxylation sites is 1. The number of hydrogen-bond acceptors (Lipinski definition) is 3. The van der Waals surface area contributed by atoms with Crippen molar-refractivity contribution in [1.82, 2.24) is 4.90 Å². The van der Waals surface area contributed by atoms with E-state index >= 15 is 0 Å². The van der Waals surface area contributed by atoms with Gasteiger partial charge in [0.25, 0.3) is 0 Å². The zero-order chi connectivity index (χ0) is 15.5. The second-order valence-electron chi connectivity index (χ2n) is 6.43. The lowest BCUT2D eigenvalue weighted by molar-refractivity contribution is -0.145. The number of rotatable bonds is 5. The lowest BCUT2D eigenvalue weighted by Gasteiger charge is -2.37. The molecule has 0 spiro atoms. The van der Waals surface area contributed by atoms with Gasteiger partial charge in [-0.2, -0.15) is 0 Å². The van der Waals surface area contributed by atoms with Gasteiger partial charge in [-0.05, 0) is 43.7 Å². The Bertz CT molecular complexity index is 527. The van der Waals surface area contributed by atoms with Crippen LogP contribution in [0.15, 0.2) is 24.3 Å². The topological polar surface area (TPSA) is 38.8 Å². The number of carbonyl (C=O) groups excluding carboxylic acids is 1. The molecule has 1 aromatic rings. The van der Waals surface area contributed by atoms with E-state index < -0.39 is 0 Å². The van der Waals surface area contributed by atoms with Crippen molar-refractivity contribution in [3.63, 3.8) is 0 Å². The SMILES string of the molecule is COc1ccccc1CCC(=O)N1C[C@@H](C)O[C@@H](C2CC2)C1. The van der Waals surface area contributed by atoms with Crippen LogP contribution in [0.25, 0.3) is 0 Å². The van der Waals surface area contributed by atoms with E-state index in [4.69, 9.17) is 9.47 Å². The van der Waals surface area contributed by atoms with E-state index in [-0.39, 0.29) is 18.1 Å². The predicted molar refractivity (Wildman–Crippen MR) is 85.0 cm³/mol. The molecule has 0 bridgehead atoms. The van der Waals surface area contributed by atoms with Crippen LogP contribution in [0.5, 0.6) is 5.75 Å². The second kappa shape index (κ2) is 6.69. The van der Waals surface area contributed by atoms with Gasteiger partial charge in [0.1, 0.15) is 5.75 Å². The van der Waals surface area contributed by atoms with Gasteiger partial charge in [-0.15, -0.1) is 0 Å². The third-order valence-electron chi connectivity index (χ3n) is 4.59. The van der Waals surface area contributed by atoms with Crippen LogP contribution in [0, 0.1) is 5.92 Å². The number of ether oxygens (including phenoxy) is 2. The summed E-state index contributed by atoms with van der Waals surface area (Å²) < 4.78 is 11.3. The van der Waals surface area contributed by atoms with Gasteiger partial charge in [0, 0.05) is 19.5 Å². The van der Waals surface area contributed by atoms with Crippen LogP contribution in [-0.4, -0.2) is 43.2 Å². The smallest absolute Gasteiger partial charge is 0.223 e. The standard InChI is InChI=1S/C18H25NO3/c1-13-11-19(12-17(22-13)15-7-8-15)18(20)10-9-14-5-3-4-6-16(14)21-2/h3-6,13,15,17H,7-12H2,1-2H3/t13-,17-/m1/s1. The summed E-state index contributed by atoms with van der Waals surface area (Å²) in [5.41, 5.74) is 1.10. The molecule has 120 valence electrons. The number of nitrogens with zero attached hydrogens (tertiary/aromatic N) is 1. The van der Waals surface area contributed by atoms with Gasteiger partial charge in [-0.25, -0.2) is 0 Å². The van der Waals surface area contributed by atoms with Crippen LogP contribution < -0.4 is 4.74 Å². The van der Waals surface area contributed by atoms with Gasteiger partial charge in [0.2, 0.25) is 5.91 Å². The first-order valence-corrected chi connectivity index (χ1v) is 8.22. The van der Waals surface area contributed by atoms with Crippen molar-refractivity contribution in [3.05, 3.63) is 29.8 Å². The summed E-state index contributed by atoms with van der Waals surface area (Å²) in [4.78, 5) is 14.5. The monoisotopic (exact) mass is 303 g/mol. The zero-order valence-corrected chi connectivity index (χ0v) is 13.5. The Hall–Kier alpha value is -1.55. The molecule has 1 aliphatic heterocycles. The van der Waals surface area contributed by atoms with Crippen molar-refractivity contribution in [2.75, 3.05) is 20.2 Å². The molecule has 2 aliphatic rings. The number of morpholine rings is 1. The van der Waals surface area contributed by atoms with E-state index in [2.05, 4.69) is 6.92 Å². The number of benzene rings is 1. The predicted octanol–water partition coefficient (Wildman–Crippen LogP) is 2.65. The summed E-state index contributed by atoms with van der Waals surface area (Å²) >= 11 is 0. The molecule has 2 atom stereocenters. The maximum absolute atomic E-state index is 12.5. The van der Waals surface area contributed by atoms with Crippen molar-refractivity contribution in [2.24, 2.45) is 5.92 Å². The summed E-state index contributed by atoms with van der Waals surface area (Å²) in [5.74, 6) is 1.76. The van der Waals surface area contributed by atoms with E-state index in [1.807, 2.05) is 29.2 Å². The minimum Gasteiger partial charge on any atom is -0.496 e. The molecule has 4 nitrogen and oxygen atoms in total. The molecule has 1 heterocycles. The van der Waals surface area contributed by atoms with E-state index in [0.29, 0.717) is 18.9 Å². The Kier molecular flexibility index (Phi) is 4.67. The molecule has 1 saturated heterocycles. The Morgan fingerprint density at radius 3 is 2.82 bits per heavy atom. The van der Waals surface area contributed by atoms with Crippen LogP contribution in [0.1, 0.15) is 31.7 Å². The molecular weight excluding hydrogens is 278 g/mol. The highest BCUT2D eigenvalue weighted by atomic mass is 16.5. The van der Waals surface area contributed by atoms with Gasteiger partial charge in [0.05, 0.1) is 19.3 Å². The Morgan fingerprint density at radius 1 is 1.32 bits per heavy atom. The highest BCUT2D eigenvalue weighted by molar-refractivity contribution is 5.76. The maximum Gasteiger partial charge on any atom is 0.223 e. The van der Waals surface area contributed by atoms with Gasteiger partial charge in [-0.3, -0.25) is 4.79 Å². The first-order valence-electron chi connectivity index (χ1n) is 8.22. The van der Waals surface area contributed by atoms with Gasteiger partial charge < -0.3 is 14.4 Å². The normalized spacial score (nSPS) is 25.1. The highest BCUT2D eigenvalue weighted by Gasteiger charge is 2.38. The molecule has 1 aliphatic carbocycles. The summed E-state index contributed by atoms with van der Waals surface area (Å²) in [6.07, 6.45) is 4.16. The number of methoxy groups -OCH3 is 1. The number of amides is 1. The molecule has 1 saturated carbocycles. The second-order valence-corrected chi connectivity index (χ2v) is 6.43. The molecule has 1 aromatic carbocycles. The molecule has 22 heavy (non-hydrogen) atoms. The molecule has 1 amide bonds. The van der Waals surface area contributed by atoms with Crippen LogP contribution >= 0.6 is 0 Å². The lowest BCUT2D eigenvalue weighted by atomic mass is 10.1. The number of hydrogen-bond donors (Lipinski definition) is 0. The fourth-order valence-corrected chi connectivity index (χ4v) is 3.23. The third-order valence-corrected chi connectivity index (χ3v) is 4.59. The summed E-state index contributed by atoms with van der Waals surface area (Å²) in [6.45, 7) is 3.54. The minimum absolute atomic E-state index is 0.148. The van der Waals surface area contributed by atoms with Gasteiger partial charge >= 0.3 is 0 Å². The third kappa shape index (κ3) is 3.61. The molecule has 2 fully saturated rings. The Morgan fingerprint density at radius 2 is 2.09 bits per heavy atom.